The molecule has 0 saturated carbocycles. The number of hydrogen-bond donors (Lipinski definition) is 1. The lowest BCUT2D eigenvalue weighted by atomic mass is 10.1. The molecule has 0 aliphatic rings. The summed E-state index contributed by atoms with van der Waals surface area (Å²) in [5, 5.41) is 11.3. The number of phenolic OH excluding ortho intramolecular Hbond substituents is 1. The Morgan fingerprint density at radius 1 is 0.863 bits per heavy atom. The Morgan fingerprint density at radius 2 is 1.51 bits per heavy atom. The van der Waals surface area contributed by atoms with E-state index in [4.69, 9.17) is 46.4 Å². The Labute approximate surface area is 319 Å². The lowest BCUT2D eigenvalue weighted by molar-refractivity contribution is 0.0745. The van der Waals surface area contributed by atoms with Gasteiger partial charge < -0.3 is 14.9 Å². The van der Waals surface area contributed by atoms with Crippen LogP contribution < -0.4 is 0 Å². The zero-order chi connectivity index (χ0) is 37.9. The zero-order valence-corrected chi connectivity index (χ0v) is 32.0. The highest BCUT2D eigenvalue weighted by molar-refractivity contribution is 6.36. The number of allylic oxidation sites excluding steroid dienone is 6. The Morgan fingerprint density at radius 3 is 2.14 bits per heavy atom. The second-order valence-electron chi connectivity index (χ2n) is 10.8. The van der Waals surface area contributed by atoms with Gasteiger partial charge in [0.2, 0.25) is 0 Å². The van der Waals surface area contributed by atoms with E-state index in [0.29, 0.717) is 28.5 Å². The second kappa shape index (κ2) is 22.8. The van der Waals surface area contributed by atoms with Crippen molar-refractivity contribution in [2.75, 3.05) is 19.6 Å². The predicted molar refractivity (Wildman–Crippen MR) is 208 cm³/mol. The van der Waals surface area contributed by atoms with E-state index in [1.807, 2.05) is 45.9 Å². The first-order valence-electron chi connectivity index (χ1n) is 16.4. The van der Waals surface area contributed by atoms with Crippen LogP contribution in [0.2, 0.25) is 20.1 Å². The summed E-state index contributed by atoms with van der Waals surface area (Å²) >= 11 is 24.6. The average Bonchev–Trinajstić information content (AvgIpc) is 3.10. The molecule has 0 fully saturated rings. The number of rotatable bonds is 15. The Kier molecular flexibility index (Phi) is 19.4. The van der Waals surface area contributed by atoms with Crippen LogP contribution in [0, 0.1) is 5.82 Å². The van der Waals surface area contributed by atoms with Crippen molar-refractivity contribution >= 4 is 58.2 Å². The van der Waals surface area contributed by atoms with Crippen LogP contribution in [-0.4, -0.2) is 46.4 Å². The first kappa shape index (κ1) is 43.3. The molecule has 0 heterocycles. The van der Waals surface area contributed by atoms with Gasteiger partial charge in [-0.2, -0.15) is 0 Å². The van der Waals surface area contributed by atoms with Gasteiger partial charge in [-0.25, -0.2) is 8.78 Å². The predicted octanol–water partition coefficient (Wildman–Crippen LogP) is 12.2. The maximum atomic E-state index is 14.1. The van der Waals surface area contributed by atoms with E-state index >= 15 is 0 Å². The molecule has 51 heavy (non-hydrogen) atoms. The molecule has 3 aromatic rings. The van der Waals surface area contributed by atoms with Gasteiger partial charge in [-0.1, -0.05) is 116 Å². The van der Waals surface area contributed by atoms with Gasteiger partial charge in [-0.05, 0) is 85.5 Å². The molecule has 0 aliphatic carbocycles. The number of hydrogen-bond acceptors (Lipinski definition) is 3. The maximum Gasteiger partial charge on any atom is 0.258 e. The molecule has 272 valence electrons. The van der Waals surface area contributed by atoms with Crippen LogP contribution in [0.5, 0.6) is 5.75 Å². The minimum Gasteiger partial charge on any atom is -0.506 e. The van der Waals surface area contributed by atoms with E-state index in [0.717, 1.165) is 11.1 Å². The number of phenols is 1. The molecule has 2 amide bonds. The summed E-state index contributed by atoms with van der Waals surface area (Å²) in [5.41, 5.74) is 1.66. The van der Waals surface area contributed by atoms with Crippen LogP contribution in [0.15, 0.2) is 115 Å². The fraction of sp³-hybridized carbons (Fsp3) is 0.250. The molecule has 3 aromatic carbocycles. The molecule has 1 N–H and O–H groups in total. The molecule has 3 rings (SSSR count). The molecule has 0 spiro atoms. The lowest BCUT2D eigenvalue weighted by Crippen LogP contribution is -2.33. The molecule has 0 aromatic heterocycles. The number of nitrogens with zero attached hydrogens (tertiary/aromatic N) is 2. The van der Waals surface area contributed by atoms with Gasteiger partial charge in [0, 0.05) is 46.8 Å². The summed E-state index contributed by atoms with van der Waals surface area (Å²) in [7, 11) is 0. The van der Waals surface area contributed by atoms with Crippen molar-refractivity contribution in [1.82, 2.24) is 9.80 Å². The van der Waals surface area contributed by atoms with Crippen molar-refractivity contribution in [3.8, 4) is 5.75 Å². The third kappa shape index (κ3) is 14.7. The molecule has 0 atom stereocenters. The van der Waals surface area contributed by atoms with E-state index in [-0.39, 0.29) is 53.5 Å². The minimum absolute atomic E-state index is 0.0588. The molecule has 11 heteroatoms. The van der Waals surface area contributed by atoms with Gasteiger partial charge in [-0.15, -0.1) is 0 Å². The second-order valence-corrected chi connectivity index (χ2v) is 12.6. The standard InChI is InChI=1S/C38H36Cl4F2N2O3.C2H6/c1-3-5-11-32(43)12-6-7-17-46(38(49)34-22-31(41)23-35(42)36(34)47)24-26(9-4-2)10-8-18-45(25-27-13-15-33(44)16-14-27)37(48)28-19-29(39)21-30(40)20-28;1-2/h4-7,9-16,19-23,47H,3,8,17-18,24-25H2,1-2H3;1-2H3/b7-6+,9-4-,11-5-,26-10+,32-12+;. The van der Waals surface area contributed by atoms with Crippen molar-refractivity contribution in [2.45, 2.75) is 47.1 Å². The van der Waals surface area contributed by atoms with E-state index < -0.39 is 17.5 Å². The fourth-order valence-corrected chi connectivity index (χ4v) is 5.72. The largest absolute Gasteiger partial charge is 0.506 e. The van der Waals surface area contributed by atoms with E-state index in [9.17, 15) is 23.5 Å². The Hall–Kier alpha value is -3.88. The van der Waals surface area contributed by atoms with Crippen LogP contribution in [0.25, 0.3) is 0 Å². The molecular formula is C40H42Cl4F2N2O3. The monoisotopic (exact) mass is 776 g/mol. The summed E-state index contributed by atoms with van der Waals surface area (Å²) in [5.74, 6) is -2.11. The normalized spacial score (nSPS) is 12.0. The van der Waals surface area contributed by atoms with Crippen LogP contribution in [-0.2, 0) is 6.54 Å². The number of carbonyl (C=O) groups is 2. The van der Waals surface area contributed by atoms with Gasteiger partial charge in [-0.3, -0.25) is 9.59 Å². The SMILES string of the molecule is C/C=C\C(=C/CCN(Cc1ccc(F)cc1)C(=O)c1cc(Cl)cc(Cl)c1)CN(C/C=C/C=C(F)\C=C/CC)C(=O)c1cc(Cl)cc(Cl)c1O.CC. The van der Waals surface area contributed by atoms with Crippen molar-refractivity contribution in [1.29, 1.82) is 0 Å². The topological polar surface area (TPSA) is 60.9 Å². The molecule has 0 radical (unpaired) electrons. The quantitative estimate of drug-likeness (QED) is 0.156. The molecule has 0 saturated heterocycles. The fourth-order valence-electron chi connectivity index (χ4n) is 4.70. The number of amides is 2. The average molecular weight is 779 g/mol. The molecule has 0 bridgehead atoms. The lowest BCUT2D eigenvalue weighted by Gasteiger charge is -2.24. The third-order valence-corrected chi connectivity index (χ3v) is 7.96. The third-order valence-electron chi connectivity index (χ3n) is 7.02. The first-order chi connectivity index (χ1) is 24.4. The van der Waals surface area contributed by atoms with Gasteiger partial charge in [0.1, 0.15) is 17.4 Å². The maximum absolute atomic E-state index is 14.1. The summed E-state index contributed by atoms with van der Waals surface area (Å²) < 4.78 is 27.7. The van der Waals surface area contributed by atoms with Gasteiger partial charge in [0.25, 0.3) is 11.8 Å². The van der Waals surface area contributed by atoms with Gasteiger partial charge in [0.15, 0.2) is 0 Å². The summed E-state index contributed by atoms with van der Waals surface area (Å²) in [6, 6.07) is 13.1. The Bertz CT molecular complexity index is 1750. The molecule has 0 unspecified atom stereocenters. The van der Waals surface area contributed by atoms with Crippen LogP contribution in [0.3, 0.4) is 0 Å². The van der Waals surface area contributed by atoms with Crippen LogP contribution in [0.4, 0.5) is 8.78 Å². The molecule has 0 aliphatic heterocycles. The summed E-state index contributed by atoms with van der Waals surface area (Å²) in [6.07, 6.45) is 14.0. The number of aromatic hydroxyl groups is 1. The summed E-state index contributed by atoms with van der Waals surface area (Å²) in [6.45, 7) is 8.32. The highest BCUT2D eigenvalue weighted by atomic mass is 35.5. The highest BCUT2D eigenvalue weighted by Crippen LogP contribution is 2.32. The van der Waals surface area contributed by atoms with Gasteiger partial charge >= 0.3 is 0 Å². The number of benzene rings is 3. The van der Waals surface area contributed by atoms with Crippen molar-refractivity contribution in [3.63, 3.8) is 0 Å². The van der Waals surface area contributed by atoms with Gasteiger partial charge in [0.05, 0.1) is 10.6 Å². The van der Waals surface area contributed by atoms with Crippen LogP contribution in [0.1, 0.15) is 66.8 Å². The smallest absolute Gasteiger partial charge is 0.258 e. The zero-order valence-electron chi connectivity index (χ0n) is 29.0. The van der Waals surface area contributed by atoms with Crippen molar-refractivity contribution in [2.24, 2.45) is 0 Å². The highest BCUT2D eigenvalue weighted by Gasteiger charge is 2.22. The van der Waals surface area contributed by atoms with E-state index in [1.165, 1.54) is 65.6 Å². The summed E-state index contributed by atoms with van der Waals surface area (Å²) in [4.78, 5) is 30.4. The first-order valence-corrected chi connectivity index (χ1v) is 17.9. The number of halogens is 6. The van der Waals surface area contributed by atoms with Crippen molar-refractivity contribution in [3.05, 3.63) is 157 Å². The van der Waals surface area contributed by atoms with Crippen LogP contribution >= 0.6 is 46.4 Å². The Balaban J connectivity index is 0.00000442. The minimum atomic E-state index is -0.553. The number of carbonyl (C=O) groups excluding carboxylic acids is 2. The van der Waals surface area contributed by atoms with E-state index in [2.05, 4.69) is 0 Å². The molecule has 5 nitrogen and oxygen atoms in total. The molecular weight excluding hydrogens is 736 g/mol. The van der Waals surface area contributed by atoms with E-state index in [1.54, 1.807) is 29.2 Å². The van der Waals surface area contributed by atoms with Crippen molar-refractivity contribution < 1.29 is 23.5 Å².